The van der Waals surface area contributed by atoms with Crippen LogP contribution >= 0.6 is 0 Å². The van der Waals surface area contributed by atoms with E-state index in [0.29, 0.717) is 17.6 Å². The van der Waals surface area contributed by atoms with Crippen LogP contribution in [0.4, 0.5) is 0 Å². The average molecular weight is 209 g/mol. The van der Waals surface area contributed by atoms with Crippen LogP contribution in [-0.4, -0.2) is 26.3 Å². The minimum Gasteiger partial charge on any atom is -0.328 e. The van der Waals surface area contributed by atoms with Crippen molar-refractivity contribution in [2.75, 3.05) is 6.54 Å². The van der Waals surface area contributed by atoms with Crippen LogP contribution in [0.5, 0.6) is 0 Å². The molecule has 4 N–H and O–H groups in total. The first-order chi connectivity index (χ1) is 7.15. The Morgan fingerprint density at radius 1 is 1.60 bits per heavy atom. The maximum Gasteiger partial charge on any atom is 0.330 e. The fourth-order valence-corrected chi connectivity index (χ4v) is 1.48. The molecule has 0 fully saturated rings. The zero-order chi connectivity index (χ0) is 11.0. The molecule has 0 radical (unpaired) electrons. The number of fused-ring (bicyclic) bond motifs is 1. The highest BCUT2D eigenvalue weighted by Gasteiger charge is 2.12. The first-order valence-electron chi connectivity index (χ1n) is 4.53. The van der Waals surface area contributed by atoms with Crippen LogP contribution in [0.25, 0.3) is 11.0 Å². The number of H-pyrrole nitrogens is 2. The number of nitrogens with one attached hydrogen (secondary N) is 2. The Hall–Kier alpha value is -1.89. The topological polar surface area (TPSA) is 110 Å². The van der Waals surface area contributed by atoms with Crippen molar-refractivity contribution in [3.8, 4) is 0 Å². The van der Waals surface area contributed by atoms with Gasteiger partial charge in [0.2, 0.25) is 0 Å². The van der Waals surface area contributed by atoms with Gasteiger partial charge in [-0.15, -0.1) is 0 Å². The molecule has 0 saturated heterocycles. The highest BCUT2D eigenvalue weighted by atomic mass is 16.2. The fourth-order valence-electron chi connectivity index (χ4n) is 1.48. The minimum atomic E-state index is -0.477. The molecule has 0 spiro atoms. The molecule has 0 amide bonds. The lowest BCUT2D eigenvalue weighted by Gasteiger charge is -2.12. The molecule has 2 aromatic heterocycles. The summed E-state index contributed by atoms with van der Waals surface area (Å²) in [4.78, 5) is 25.1. The Morgan fingerprint density at radius 2 is 2.33 bits per heavy atom. The third-order valence-electron chi connectivity index (χ3n) is 2.33. The Bertz CT molecular complexity index is 593. The summed E-state index contributed by atoms with van der Waals surface area (Å²) in [6, 6.07) is -0.197. The van der Waals surface area contributed by atoms with Gasteiger partial charge in [-0.3, -0.25) is 19.4 Å². The van der Waals surface area contributed by atoms with Gasteiger partial charge in [0.25, 0.3) is 5.56 Å². The van der Waals surface area contributed by atoms with Gasteiger partial charge in [0.05, 0.1) is 6.20 Å². The molecule has 0 aromatic carbocycles. The van der Waals surface area contributed by atoms with Crippen molar-refractivity contribution in [2.45, 2.75) is 13.0 Å². The lowest BCUT2D eigenvalue weighted by molar-refractivity contribution is 0.542. The van der Waals surface area contributed by atoms with E-state index in [1.807, 2.05) is 0 Å². The number of hydrogen-bond acceptors (Lipinski definition) is 4. The SMILES string of the molecule is CC(CN)n1c(=O)[nH]c(=O)c2cn[nH]c21. The molecule has 0 aliphatic rings. The number of nitrogens with two attached hydrogens (primary N) is 1. The summed E-state index contributed by atoms with van der Waals surface area (Å²) in [6.45, 7) is 2.10. The van der Waals surface area contributed by atoms with E-state index in [2.05, 4.69) is 15.2 Å². The van der Waals surface area contributed by atoms with E-state index in [-0.39, 0.29) is 6.04 Å². The lowest BCUT2D eigenvalue weighted by atomic mass is 10.3. The fraction of sp³-hybridized carbons (Fsp3) is 0.375. The number of aromatic amines is 2. The van der Waals surface area contributed by atoms with Gasteiger partial charge < -0.3 is 5.73 Å². The van der Waals surface area contributed by atoms with E-state index >= 15 is 0 Å². The number of hydrogen-bond donors (Lipinski definition) is 3. The van der Waals surface area contributed by atoms with Gasteiger partial charge in [-0.2, -0.15) is 5.10 Å². The third-order valence-corrected chi connectivity index (χ3v) is 2.33. The quantitative estimate of drug-likeness (QED) is 0.585. The van der Waals surface area contributed by atoms with Gasteiger partial charge in [-0.25, -0.2) is 4.79 Å². The van der Waals surface area contributed by atoms with Crippen molar-refractivity contribution < 1.29 is 0 Å². The maximum absolute atomic E-state index is 11.6. The highest BCUT2D eigenvalue weighted by Crippen LogP contribution is 2.07. The van der Waals surface area contributed by atoms with Gasteiger partial charge in [0.15, 0.2) is 0 Å². The zero-order valence-corrected chi connectivity index (χ0v) is 8.15. The van der Waals surface area contributed by atoms with Gasteiger partial charge in [-0.05, 0) is 6.92 Å². The van der Waals surface area contributed by atoms with Crippen molar-refractivity contribution in [2.24, 2.45) is 5.73 Å². The Balaban J connectivity index is 2.89. The van der Waals surface area contributed by atoms with Crippen LogP contribution in [0.2, 0.25) is 0 Å². The second-order valence-electron chi connectivity index (χ2n) is 3.35. The number of rotatable bonds is 2. The summed E-state index contributed by atoms with van der Waals surface area (Å²) in [5, 5.41) is 6.71. The molecular weight excluding hydrogens is 198 g/mol. The summed E-state index contributed by atoms with van der Waals surface area (Å²) in [6.07, 6.45) is 1.38. The van der Waals surface area contributed by atoms with E-state index in [1.165, 1.54) is 10.8 Å². The Labute approximate surface area is 83.9 Å². The second-order valence-corrected chi connectivity index (χ2v) is 3.35. The van der Waals surface area contributed by atoms with Gasteiger partial charge in [0, 0.05) is 12.6 Å². The molecule has 80 valence electrons. The van der Waals surface area contributed by atoms with Crippen LogP contribution < -0.4 is 17.0 Å². The van der Waals surface area contributed by atoms with Crippen molar-refractivity contribution in [3.63, 3.8) is 0 Å². The summed E-state index contributed by atoms with van der Waals surface area (Å²) in [5.41, 5.74) is 4.97. The van der Waals surface area contributed by atoms with Gasteiger partial charge in [0.1, 0.15) is 11.0 Å². The summed E-state index contributed by atoms with van der Waals surface area (Å²) in [7, 11) is 0. The second kappa shape index (κ2) is 3.35. The summed E-state index contributed by atoms with van der Waals surface area (Å²) < 4.78 is 1.39. The molecule has 7 heteroatoms. The van der Waals surface area contributed by atoms with Crippen LogP contribution in [0.3, 0.4) is 0 Å². The molecule has 0 saturated carbocycles. The molecule has 0 aliphatic carbocycles. The molecule has 2 heterocycles. The molecule has 2 aromatic rings. The monoisotopic (exact) mass is 209 g/mol. The first kappa shape index (κ1) is 9.66. The minimum absolute atomic E-state index is 0.197. The predicted octanol–water partition coefficient (Wildman–Crippen LogP) is -1.07. The van der Waals surface area contributed by atoms with Crippen LogP contribution in [0, 0.1) is 0 Å². The molecule has 1 unspecified atom stereocenters. The molecule has 7 nitrogen and oxygen atoms in total. The zero-order valence-electron chi connectivity index (χ0n) is 8.15. The van der Waals surface area contributed by atoms with Crippen LogP contribution in [0.1, 0.15) is 13.0 Å². The van der Waals surface area contributed by atoms with Gasteiger partial charge in [-0.1, -0.05) is 0 Å². The average Bonchev–Trinajstić information content (AvgIpc) is 2.66. The van der Waals surface area contributed by atoms with Crippen molar-refractivity contribution in [1.82, 2.24) is 19.7 Å². The normalized spacial score (nSPS) is 13.2. The van der Waals surface area contributed by atoms with Gasteiger partial charge >= 0.3 is 5.69 Å². The van der Waals surface area contributed by atoms with E-state index in [9.17, 15) is 9.59 Å². The summed E-state index contributed by atoms with van der Waals surface area (Å²) >= 11 is 0. The van der Waals surface area contributed by atoms with Crippen LogP contribution in [-0.2, 0) is 0 Å². The van der Waals surface area contributed by atoms with E-state index in [4.69, 9.17) is 5.73 Å². The van der Waals surface area contributed by atoms with Crippen molar-refractivity contribution >= 4 is 11.0 Å². The molecule has 0 aliphatic heterocycles. The van der Waals surface area contributed by atoms with Crippen molar-refractivity contribution in [3.05, 3.63) is 27.0 Å². The maximum atomic E-state index is 11.6. The molecule has 2 rings (SSSR count). The molecule has 0 bridgehead atoms. The molecule has 15 heavy (non-hydrogen) atoms. The smallest absolute Gasteiger partial charge is 0.328 e. The predicted molar refractivity (Wildman–Crippen MR) is 54.7 cm³/mol. The van der Waals surface area contributed by atoms with E-state index < -0.39 is 11.2 Å². The molecular formula is C8H11N5O2. The Morgan fingerprint density at radius 3 is 3.00 bits per heavy atom. The van der Waals surface area contributed by atoms with Crippen molar-refractivity contribution in [1.29, 1.82) is 0 Å². The van der Waals surface area contributed by atoms with Crippen LogP contribution in [0.15, 0.2) is 15.8 Å². The third kappa shape index (κ3) is 1.37. The standard InChI is InChI=1S/C8H11N5O2/c1-4(2-9)13-6-5(3-10-12-6)7(14)11-8(13)15/h3-4H,2,9H2,1H3,(H,10,12)(H,11,14,15). The van der Waals surface area contributed by atoms with E-state index in [1.54, 1.807) is 6.92 Å². The van der Waals surface area contributed by atoms with E-state index in [0.717, 1.165) is 0 Å². The Kier molecular flexibility index (Phi) is 2.16. The lowest BCUT2D eigenvalue weighted by Crippen LogP contribution is -2.34. The summed E-state index contributed by atoms with van der Waals surface area (Å²) in [5.74, 6) is 0. The number of aromatic nitrogens is 4. The largest absolute Gasteiger partial charge is 0.330 e. The first-order valence-corrected chi connectivity index (χ1v) is 4.53. The highest BCUT2D eigenvalue weighted by molar-refractivity contribution is 5.72. The number of nitrogens with zero attached hydrogens (tertiary/aromatic N) is 2. The molecule has 1 atom stereocenters.